The van der Waals surface area contributed by atoms with Crippen LogP contribution in [0.5, 0.6) is 0 Å². The number of rotatable bonds is 4. The zero-order chi connectivity index (χ0) is 19.0. The Balaban J connectivity index is 1.61. The summed E-state index contributed by atoms with van der Waals surface area (Å²) in [5.41, 5.74) is 2.84. The Labute approximate surface area is 156 Å². The number of benzene rings is 1. The van der Waals surface area contributed by atoms with Crippen molar-refractivity contribution in [3.8, 4) is 0 Å². The third-order valence-corrected chi connectivity index (χ3v) is 4.87. The molecule has 0 N–H and O–H groups in total. The first-order valence-electron chi connectivity index (χ1n) is 8.86. The number of hydrogen-bond donors (Lipinski definition) is 0. The molecule has 0 radical (unpaired) electrons. The number of nitrogens with zero attached hydrogens (tertiary/aromatic N) is 3. The van der Waals surface area contributed by atoms with Gasteiger partial charge in [-0.2, -0.15) is 5.10 Å². The molecular formula is C20H19N3O4. The summed E-state index contributed by atoms with van der Waals surface area (Å²) in [5.74, 6) is -0.412. The molecule has 1 saturated heterocycles. The van der Waals surface area contributed by atoms with Crippen molar-refractivity contribution in [3.05, 3.63) is 59.5 Å². The highest BCUT2D eigenvalue weighted by atomic mass is 16.3. The fraction of sp³-hybridized carbons (Fsp3) is 0.300. The molecule has 3 heterocycles. The molecule has 1 atom stereocenters. The van der Waals surface area contributed by atoms with Crippen LogP contribution >= 0.6 is 0 Å². The second-order valence-electron chi connectivity index (χ2n) is 6.76. The van der Waals surface area contributed by atoms with E-state index in [9.17, 15) is 14.4 Å². The Morgan fingerprint density at radius 2 is 1.85 bits per heavy atom. The van der Waals surface area contributed by atoms with Crippen LogP contribution in [-0.4, -0.2) is 39.9 Å². The van der Waals surface area contributed by atoms with Gasteiger partial charge in [0.1, 0.15) is 18.3 Å². The SMILES string of the molecule is Cc1ccc(C2=NN(C(=O)CN3C(=O)CCC3=O)[C@@H](c3ccco3)C2)cc1. The number of hydrogen-bond acceptors (Lipinski definition) is 5. The summed E-state index contributed by atoms with van der Waals surface area (Å²) >= 11 is 0. The van der Waals surface area contributed by atoms with Crippen molar-refractivity contribution in [2.75, 3.05) is 6.54 Å². The maximum Gasteiger partial charge on any atom is 0.263 e. The van der Waals surface area contributed by atoms with Crippen molar-refractivity contribution in [2.24, 2.45) is 5.10 Å². The molecule has 2 aromatic rings. The lowest BCUT2D eigenvalue weighted by atomic mass is 10.0. The highest BCUT2D eigenvalue weighted by Crippen LogP contribution is 2.33. The molecule has 2 aliphatic rings. The second kappa shape index (κ2) is 6.83. The molecule has 0 bridgehead atoms. The largest absolute Gasteiger partial charge is 0.467 e. The molecule has 0 unspecified atom stereocenters. The molecular weight excluding hydrogens is 346 g/mol. The number of hydrazone groups is 1. The van der Waals surface area contributed by atoms with Gasteiger partial charge in [0.25, 0.3) is 5.91 Å². The Morgan fingerprint density at radius 3 is 2.48 bits per heavy atom. The molecule has 0 saturated carbocycles. The minimum absolute atomic E-state index is 0.158. The van der Waals surface area contributed by atoms with Crippen LogP contribution in [0, 0.1) is 6.92 Å². The number of imide groups is 1. The predicted molar refractivity (Wildman–Crippen MR) is 96.6 cm³/mol. The fourth-order valence-corrected chi connectivity index (χ4v) is 3.37. The summed E-state index contributed by atoms with van der Waals surface area (Å²) in [7, 11) is 0. The van der Waals surface area contributed by atoms with E-state index in [0.29, 0.717) is 12.2 Å². The van der Waals surface area contributed by atoms with Crippen LogP contribution in [0.25, 0.3) is 0 Å². The first-order chi connectivity index (χ1) is 13.0. The standard InChI is InChI=1S/C20H19N3O4/c1-13-4-6-14(7-5-13)15-11-16(17-3-2-10-27-17)23(21-15)20(26)12-22-18(24)8-9-19(22)25/h2-7,10,16H,8-9,11-12H2,1H3/t16-/m1/s1. The van der Waals surface area contributed by atoms with E-state index in [1.165, 1.54) is 5.01 Å². The maximum absolute atomic E-state index is 12.9. The summed E-state index contributed by atoms with van der Waals surface area (Å²) in [4.78, 5) is 37.6. The summed E-state index contributed by atoms with van der Waals surface area (Å²) in [6, 6.07) is 11.1. The van der Waals surface area contributed by atoms with Crippen molar-refractivity contribution in [1.82, 2.24) is 9.91 Å². The van der Waals surface area contributed by atoms with E-state index in [1.54, 1.807) is 18.4 Å². The zero-order valence-electron chi connectivity index (χ0n) is 14.9. The smallest absolute Gasteiger partial charge is 0.263 e. The average molecular weight is 365 g/mol. The molecule has 1 aromatic carbocycles. The number of furan rings is 1. The summed E-state index contributed by atoms with van der Waals surface area (Å²) in [6.45, 7) is 1.71. The van der Waals surface area contributed by atoms with Gasteiger partial charge in [-0.05, 0) is 24.6 Å². The third kappa shape index (κ3) is 3.28. The van der Waals surface area contributed by atoms with Gasteiger partial charge in [0.05, 0.1) is 12.0 Å². The van der Waals surface area contributed by atoms with Crippen LogP contribution in [0.2, 0.25) is 0 Å². The predicted octanol–water partition coefficient (Wildman–Crippen LogP) is 2.41. The molecule has 1 fully saturated rings. The van der Waals surface area contributed by atoms with Crippen LogP contribution in [0.15, 0.2) is 52.2 Å². The Morgan fingerprint density at radius 1 is 1.15 bits per heavy atom. The van der Waals surface area contributed by atoms with Gasteiger partial charge in [-0.15, -0.1) is 0 Å². The number of amides is 3. The first-order valence-corrected chi connectivity index (χ1v) is 8.86. The van der Waals surface area contributed by atoms with Crippen LogP contribution in [0.1, 0.15) is 42.2 Å². The fourth-order valence-electron chi connectivity index (χ4n) is 3.37. The van der Waals surface area contributed by atoms with Gasteiger partial charge in [-0.25, -0.2) is 5.01 Å². The summed E-state index contributed by atoms with van der Waals surface area (Å²) < 4.78 is 5.50. The highest BCUT2D eigenvalue weighted by molar-refractivity contribution is 6.06. The average Bonchev–Trinajstić information content (AvgIpc) is 3.38. The van der Waals surface area contributed by atoms with Crippen molar-refractivity contribution in [1.29, 1.82) is 0 Å². The van der Waals surface area contributed by atoms with Gasteiger partial charge in [0.2, 0.25) is 11.8 Å². The minimum Gasteiger partial charge on any atom is -0.467 e. The molecule has 27 heavy (non-hydrogen) atoms. The molecule has 0 spiro atoms. The van der Waals surface area contributed by atoms with Gasteiger partial charge in [0, 0.05) is 19.3 Å². The van der Waals surface area contributed by atoms with Crippen LogP contribution in [-0.2, 0) is 14.4 Å². The minimum atomic E-state index is -0.401. The lowest BCUT2D eigenvalue weighted by Crippen LogP contribution is -2.40. The molecule has 7 heteroatoms. The molecule has 7 nitrogen and oxygen atoms in total. The van der Waals surface area contributed by atoms with E-state index in [-0.39, 0.29) is 31.2 Å². The molecule has 4 rings (SSSR count). The molecule has 1 aromatic heterocycles. The molecule has 3 amide bonds. The number of aryl methyl sites for hydroxylation is 1. The second-order valence-corrected chi connectivity index (χ2v) is 6.76. The maximum atomic E-state index is 12.9. The summed E-state index contributed by atoms with van der Waals surface area (Å²) in [5, 5.41) is 5.85. The topological polar surface area (TPSA) is 83.2 Å². The van der Waals surface area contributed by atoms with E-state index in [2.05, 4.69) is 5.10 Å². The van der Waals surface area contributed by atoms with Crippen LogP contribution < -0.4 is 0 Å². The van der Waals surface area contributed by atoms with E-state index in [4.69, 9.17) is 4.42 Å². The van der Waals surface area contributed by atoms with Crippen LogP contribution in [0.4, 0.5) is 0 Å². The van der Waals surface area contributed by atoms with E-state index in [1.807, 2.05) is 31.2 Å². The first kappa shape index (κ1) is 17.2. The zero-order valence-corrected chi connectivity index (χ0v) is 14.9. The Kier molecular flexibility index (Phi) is 4.35. The van der Waals surface area contributed by atoms with E-state index < -0.39 is 11.9 Å². The molecule has 0 aliphatic carbocycles. The highest BCUT2D eigenvalue weighted by Gasteiger charge is 2.38. The van der Waals surface area contributed by atoms with E-state index in [0.717, 1.165) is 21.7 Å². The lowest BCUT2D eigenvalue weighted by molar-refractivity contribution is -0.146. The number of carbonyl (C=O) groups is 3. The van der Waals surface area contributed by atoms with Crippen molar-refractivity contribution < 1.29 is 18.8 Å². The molecule has 138 valence electrons. The van der Waals surface area contributed by atoms with Crippen LogP contribution in [0.3, 0.4) is 0 Å². The Bertz CT molecular complexity index is 899. The number of carbonyl (C=O) groups excluding carboxylic acids is 3. The third-order valence-electron chi connectivity index (χ3n) is 4.87. The van der Waals surface area contributed by atoms with Crippen molar-refractivity contribution in [3.63, 3.8) is 0 Å². The van der Waals surface area contributed by atoms with E-state index >= 15 is 0 Å². The van der Waals surface area contributed by atoms with Gasteiger partial charge in [-0.1, -0.05) is 29.8 Å². The number of likely N-dealkylation sites (tertiary alicyclic amines) is 1. The molecule has 2 aliphatic heterocycles. The normalized spacial score (nSPS) is 19.7. The lowest BCUT2D eigenvalue weighted by Gasteiger charge is -2.22. The van der Waals surface area contributed by atoms with Gasteiger partial charge < -0.3 is 4.42 Å². The quantitative estimate of drug-likeness (QED) is 0.779. The van der Waals surface area contributed by atoms with Gasteiger partial charge in [0.15, 0.2) is 0 Å². The summed E-state index contributed by atoms with van der Waals surface area (Å²) in [6.07, 6.45) is 2.37. The van der Waals surface area contributed by atoms with Crippen molar-refractivity contribution >= 4 is 23.4 Å². The van der Waals surface area contributed by atoms with Gasteiger partial charge in [-0.3, -0.25) is 19.3 Å². The van der Waals surface area contributed by atoms with Crippen molar-refractivity contribution in [2.45, 2.75) is 32.2 Å². The Hall–Kier alpha value is -3.22. The van der Waals surface area contributed by atoms with Gasteiger partial charge >= 0.3 is 0 Å². The monoisotopic (exact) mass is 365 g/mol.